The molecule has 0 aliphatic heterocycles. The van der Waals surface area contributed by atoms with E-state index in [9.17, 15) is 10.1 Å². The molecule has 1 aromatic carbocycles. The van der Waals surface area contributed by atoms with Crippen LogP contribution in [0.15, 0.2) is 18.2 Å². The molecular formula is C14H17N3O3. The molecule has 0 radical (unpaired) electrons. The second-order valence-electron chi connectivity index (χ2n) is 4.91. The molecule has 1 saturated carbocycles. The number of benzene rings is 1. The predicted molar refractivity (Wildman–Crippen MR) is 73.3 cm³/mol. The van der Waals surface area contributed by atoms with E-state index in [1.807, 2.05) is 6.07 Å². The van der Waals surface area contributed by atoms with Crippen LogP contribution >= 0.6 is 0 Å². The van der Waals surface area contributed by atoms with Crippen LogP contribution in [0.3, 0.4) is 0 Å². The van der Waals surface area contributed by atoms with Crippen LogP contribution < -0.4 is 4.74 Å². The lowest BCUT2D eigenvalue weighted by Gasteiger charge is -2.20. The van der Waals surface area contributed by atoms with E-state index in [1.165, 1.54) is 13.2 Å². The van der Waals surface area contributed by atoms with Gasteiger partial charge in [-0.3, -0.25) is 15.0 Å². The molecule has 20 heavy (non-hydrogen) atoms. The Balaban J connectivity index is 2.15. The Morgan fingerprint density at radius 3 is 2.80 bits per heavy atom. The van der Waals surface area contributed by atoms with E-state index < -0.39 is 4.92 Å². The zero-order chi connectivity index (χ0) is 14.5. The molecule has 106 valence electrons. The van der Waals surface area contributed by atoms with Crippen molar-refractivity contribution >= 4 is 5.69 Å². The fourth-order valence-corrected chi connectivity index (χ4v) is 2.22. The van der Waals surface area contributed by atoms with Crippen molar-refractivity contribution in [1.82, 2.24) is 4.90 Å². The molecule has 1 aliphatic carbocycles. The molecule has 0 N–H and O–H groups in total. The first kappa shape index (κ1) is 14.3. The third-order valence-corrected chi connectivity index (χ3v) is 3.36. The topological polar surface area (TPSA) is 79.4 Å². The minimum Gasteiger partial charge on any atom is -0.496 e. The molecule has 1 aliphatic rings. The molecule has 0 atom stereocenters. The van der Waals surface area contributed by atoms with Crippen molar-refractivity contribution in [2.75, 3.05) is 13.7 Å². The molecule has 1 aromatic rings. The van der Waals surface area contributed by atoms with Crippen LogP contribution in [0.25, 0.3) is 0 Å². The SMILES string of the molecule is COc1cc(CN(CCC#N)C2CC2)cc([N+](=O)[O-])c1. The summed E-state index contributed by atoms with van der Waals surface area (Å²) in [5.41, 5.74) is 0.885. The summed E-state index contributed by atoms with van der Waals surface area (Å²) in [4.78, 5) is 12.7. The highest BCUT2D eigenvalue weighted by atomic mass is 16.6. The van der Waals surface area contributed by atoms with E-state index >= 15 is 0 Å². The Morgan fingerprint density at radius 1 is 1.50 bits per heavy atom. The van der Waals surface area contributed by atoms with Gasteiger partial charge in [0.15, 0.2) is 0 Å². The molecule has 6 nitrogen and oxygen atoms in total. The summed E-state index contributed by atoms with van der Waals surface area (Å²) in [6.07, 6.45) is 2.75. The van der Waals surface area contributed by atoms with Crippen LogP contribution in [0.2, 0.25) is 0 Å². The van der Waals surface area contributed by atoms with Crippen molar-refractivity contribution in [1.29, 1.82) is 5.26 Å². The van der Waals surface area contributed by atoms with E-state index in [4.69, 9.17) is 10.00 Å². The summed E-state index contributed by atoms with van der Waals surface area (Å²) in [5.74, 6) is 0.491. The van der Waals surface area contributed by atoms with Gasteiger partial charge in [-0.05, 0) is 24.5 Å². The molecule has 0 spiro atoms. The zero-order valence-corrected chi connectivity index (χ0v) is 11.4. The first-order valence-corrected chi connectivity index (χ1v) is 6.57. The fourth-order valence-electron chi connectivity index (χ4n) is 2.22. The molecule has 2 rings (SSSR count). The van der Waals surface area contributed by atoms with Gasteiger partial charge in [-0.2, -0.15) is 5.26 Å². The normalized spacial score (nSPS) is 14.1. The molecular weight excluding hydrogens is 258 g/mol. The van der Waals surface area contributed by atoms with Crippen LogP contribution in [0.1, 0.15) is 24.8 Å². The van der Waals surface area contributed by atoms with Crippen LogP contribution in [0, 0.1) is 21.4 Å². The minimum atomic E-state index is -0.414. The second kappa shape index (κ2) is 6.35. The summed E-state index contributed by atoms with van der Waals surface area (Å²) < 4.78 is 5.11. The first-order chi connectivity index (χ1) is 9.63. The number of non-ortho nitro benzene ring substituents is 1. The van der Waals surface area contributed by atoms with Crippen molar-refractivity contribution in [3.63, 3.8) is 0 Å². The van der Waals surface area contributed by atoms with Crippen molar-refractivity contribution in [3.8, 4) is 11.8 Å². The van der Waals surface area contributed by atoms with Gasteiger partial charge in [0.25, 0.3) is 5.69 Å². The smallest absolute Gasteiger partial charge is 0.273 e. The largest absolute Gasteiger partial charge is 0.496 e. The Morgan fingerprint density at radius 2 is 2.25 bits per heavy atom. The highest BCUT2D eigenvalue weighted by molar-refractivity contribution is 5.42. The lowest BCUT2D eigenvalue weighted by Crippen LogP contribution is -2.26. The average molecular weight is 275 g/mol. The van der Waals surface area contributed by atoms with Crippen LogP contribution in [-0.4, -0.2) is 29.5 Å². The van der Waals surface area contributed by atoms with Gasteiger partial charge in [0, 0.05) is 31.6 Å². The van der Waals surface area contributed by atoms with E-state index in [2.05, 4.69) is 11.0 Å². The van der Waals surface area contributed by atoms with E-state index in [-0.39, 0.29) is 5.69 Å². The standard InChI is InChI=1S/C14H17N3O3/c1-20-14-8-11(7-13(9-14)17(18)19)10-16(6-2-5-15)12-3-4-12/h7-9,12H,2-4,6,10H2,1H3. The number of nitro groups is 1. The molecule has 0 heterocycles. The van der Waals surface area contributed by atoms with Gasteiger partial charge in [-0.25, -0.2) is 0 Å². The fraction of sp³-hybridized carbons (Fsp3) is 0.500. The number of hydrogen-bond donors (Lipinski definition) is 0. The Hall–Kier alpha value is -2.13. The Bertz CT molecular complexity index is 535. The summed E-state index contributed by atoms with van der Waals surface area (Å²) in [6, 6.07) is 7.46. The number of nitro benzene ring substituents is 1. The van der Waals surface area contributed by atoms with Crippen molar-refractivity contribution in [2.45, 2.75) is 31.8 Å². The van der Waals surface area contributed by atoms with E-state index in [1.54, 1.807) is 6.07 Å². The van der Waals surface area contributed by atoms with Crippen molar-refractivity contribution in [3.05, 3.63) is 33.9 Å². The van der Waals surface area contributed by atoms with Gasteiger partial charge in [-0.15, -0.1) is 0 Å². The van der Waals surface area contributed by atoms with Gasteiger partial charge < -0.3 is 4.74 Å². The molecule has 0 saturated heterocycles. The van der Waals surface area contributed by atoms with Gasteiger partial charge in [0.1, 0.15) is 5.75 Å². The zero-order valence-electron chi connectivity index (χ0n) is 11.4. The van der Waals surface area contributed by atoms with Gasteiger partial charge >= 0.3 is 0 Å². The maximum Gasteiger partial charge on any atom is 0.273 e. The van der Waals surface area contributed by atoms with Gasteiger partial charge in [0.05, 0.1) is 24.2 Å². The average Bonchev–Trinajstić information content (AvgIpc) is 3.27. The number of hydrogen-bond acceptors (Lipinski definition) is 5. The van der Waals surface area contributed by atoms with E-state index in [0.29, 0.717) is 31.3 Å². The van der Waals surface area contributed by atoms with Crippen molar-refractivity contribution in [2.24, 2.45) is 0 Å². The molecule has 0 bridgehead atoms. The van der Waals surface area contributed by atoms with Crippen LogP contribution in [0.4, 0.5) is 5.69 Å². The highest BCUT2D eigenvalue weighted by Gasteiger charge is 2.28. The summed E-state index contributed by atoms with van der Waals surface area (Å²) >= 11 is 0. The number of ether oxygens (including phenoxy) is 1. The monoisotopic (exact) mass is 275 g/mol. The maximum atomic E-state index is 10.9. The van der Waals surface area contributed by atoms with Crippen LogP contribution in [0.5, 0.6) is 5.75 Å². The van der Waals surface area contributed by atoms with Crippen LogP contribution in [-0.2, 0) is 6.54 Å². The molecule has 1 fully saturated rings. The quantitative estimate of drug-likeness (QED) is 0.564. The Labute approximate surface area is 117 Å². The summed E-state index contributed by atoms with van der Waals surface area (Å²) in [5, 5.41) is 19.6. The number of nitriles is 1. The molecule has 0 unspecified atom stereocenters. The first-order valence-electron chi connectivity index (χ1n) is 6.57. The van der Waals surface area contributed by atoms with E-state index in [0.717, 1.165) is 18.4 Å². The number of nitrogens with zero attached hydrogens (tertiary/aromatic N) is 3. The van der Waals surface area contributed by atoms with Gasteiger partial charge in [0.2, 0.25) is 0 Å². The third-order valence-electron chi connectivity index (χ3n) is 3.36. The maximum absolute atomic E-state index is 10.9. The third kappa shape index (κ3) is 3.68. The molecule has 0 amide bonds. The Kier molecular flexibility index (Phi) is 4.53. The molecule has 0 aromatic heterocycles. The lowest BCUT2D eigenvalue weighted by atomic mass is 10.1. The summed E-state index contributed by atoms with van der Waals surface area (Å²) in [6.45, 7) is 1.32. The predicted octanol–water partition coefficient (Wildman–Crippen LogP) is 2.48. The number of rotatable bonds is 7. The molecule has 6 heteroatoms. The van der Waals surface area contributed by atoms with Gasteiger partial charge in [-0.1, -0.05) is 0 Å². The second-order valence-corrected chi connectivity index (χ2v) is 4.91. The minimum absolute atomic E-state index is 0.0374. The lowest BCUT2D eigenvalue weighted by molar-refractivity contribution is -0.385. The highest BCUT2D eigenvalue weighted by Crippen LogP contribution is 2.30. The number of methoxy groups -OCH3 is 1. The van der Waals surface area contributed by atoms with Crippen molar-refractivity contribution < 1.29 is 9.66 Å². The summed E-state index contributed by atoms with van der Waals surface area (Å²) in [7, 11) is 1.50.